The van der Waals surface area contributed by atoms with Crippen LogP contribution in [0.1, 0.15) is 11.1 Å². The van der Waals surface area contributed by atoms with E-state index in [1.807, 2.05) is 17.0 Å². The summed E-state index contributed by atoms with van der Waals surface area (Å²) in [7, 11) is 0. The second kappa shape index (κ2) is 14.4. The molecule has 2 N–H and O–H groups in total. The molecule has 166 valence electrons. The molecule has 3 rings (SSSR count). The summed E-state index contributed by atoms with van der Waals surface area (Å²) in [4.78, 5) is 19.4. The van der Waals surface area contributed by atoms with E-state index < -0.39 is 0 Å². The van der Waals surface area contributed by atoms with Gasteiger partial charge in [-0.3, -0.25) is 14.6 Å². The van der Waals surface area contributed by atoms with Crippen molar-refractivity contribution < 1.29 is 4.79 Å². The van der Waals surface area contributed by atoms with Crippen molar-refractivity contribution in [3.63, 3.8) is 0 Å². The molecule has 0 bridgehead atoms. The summed E-state index contributed by atoms with van der Waals surface area (Å²) in [5.74, 6) is 0.223. The molecular formula is C23H34Cl2N4O. The van der Waals surface area contributed by atoms with Crippen molar-refractivity contribution in [1.82, 2.24) is 14.7 Å². The summed E-state index contributed by atoms with van der Waals surface area (Å²) in [6, 6.07) is 20.9. The molecule has 1 saturated heterocycles. The fourth-order valence-electron chi connectivity index (χ4n) is 3.67. The van der Waals surface area contributed by atoms with E-state index in [0.717, 1.165) is 52.2 Å². The lowest BCUT2D eigenvalue weighted by Gasteiger charge is -2.36. The topological polar surface area (TPSA) is 52.8 Å². The van der Waals surface area contributed by atoms with Gasteiger partial charge < -0.3 is 10.6 Å². The lowest BCUT2D eigenvalue weighted by Crippen LogP contribution is -2.51. The van der Waals surface area contributed by atoms with Crippen LogP contribution in [0, 0.1) is 0 Å². The number of nitrogens with zero attached hydrogens (tertiary/aromatic N) is 3. The van der Waals surface area contributed by atoms with Crippen LogP contribution >= 0.6 is 24.8 Å². The molecule has 1 fully saturated rings. The van der Waals surface area contributed by atoms with Gasteiger partial charge in [-0.15, -0.1) is 24.8 Å². The highest BCUT2D eigenvalue weighted by Gasteiger charge is 2.22. The number of benzene rings is 2. The number of piperazine rings is 1. The molecule has 0 aromatic heterocycles. The smallest absolute Gasteiger partial charge is 0.236 e. The SMILES string of the molecule is Cl.Cl.NCCN(CCc1ccccc1)CC(=O)N1CCN(Cc2ccccc2)CC1. The van der Waals surface area contributed by atoms with Crippen LogP contribution in [0.5, 0.6) is 0 Å². The average molecular weight is 453 g/mol. The van der Waals surface area contributed by atoms with E-state index in [0.29, 0.717) is 13.1 Å². The van der Waals surface area contributed by atoms with Crippen molar-refractivity contribution in [2.75, 3.05) is 52.4 Å². The molecule has 1 amide bonds. The third-order valence-corrected chi connectivity index (χ3v) is 5.34. The monoisotopic (exact) mass is 452 g/mol. The van der Waals surface area contributed by atoms with Gasteiger partial charge in [0.2, 0.25) is 5.91 Å². The first-order valence-corrected chi connectivity index (χ1v) is 10.2. The van der Waals surface area contributed by atoms with Crippen LogP contribution in [0.4, 0.5) is 0 Å². The Morgan fingerprint density at radius 1 is 0.833 bits per heavy atom. The van der Waals surface area contributed by atoms with Crippen LogP contribution in [0.2, 0.25) is 0 Å². The summed E-state index contributed by atoms with van der Waals surface area (Å²) in [5.41, 5.74) is 8.40. The molecule has 7 heteroatoms. The van der Waals surface area contributed by atoms with Crippen molar-refractivity contribution >= 4 is 30.7 Å². The Balaban J connectivity index is 0.00000225. The van der Waals surface area contributed by atoms with Gasteiger partial charge >= 0.3 is 0 Å². The summed E-state index contributed by atoms with van der Waals surface area (Å²) in [6.07, 6.45) is 0.943. The van der Waals surface area contributed by atoms with Crippen molar-refractivity contribution in [3.8, 4) is 0 Å². The number of hydrogen-bond donors (Lipinski definition) is 1. The number of halogens is 2. The fourth-order valence-corrected chi connectivity index (χ4v) is 3.67. The van der Waals surface area contributed by atoms with E-state index in [4.69, 9.17) is 5.73 Å². The van der Waals surface area contributed by atoms with E-state index in [2.05, 4.69) is 58.3 Å². The summed E-state index contributed by atoms with van der Waals surface area (Å²) in [5, 5.41) is 0. The van der Waals surface area contributed by atoms with Gasteiger partial charge in [-0.1, -0.05) is 60.7 Å². The number of carbonyl (C=O) groups excluding carboxylic acids is 1. The Labute approximate surface area is 193 Å². The molecule has 0 atom stereocenters. The minimum absolute atomic E-state index is 0. The highest BCUT2D eigenvalue weighted by molar-refractivity contribution is 5.85. The Morgan fingerprint density at radius 3 is 1.97 bits per heavy atom. The molecule has 5 nitrogen and oxygen atoms in total. The molecule has 1 aliphatic rings. The van der Waals surface area contributed by atoms with E-state index in [9.17, 15) is 4.79 Å². The van der Waals surface area contributed by atoms with Gasteiger partial charge in [0.1, 0.15) is 0 Å². The second-order valence-corrected chi connectivity index (χ2v) is 7.44. The van der Waals surface area contributed by atoms with Crippen LogP contribution in [0.15, 0.2) is 60.7 Å². The first-order chi connectivity index (χ1) is 13.7. The summed E-state index contributed by atoms with van der Waals surface area (Å²) in [6.45, 7) is 7.09. The van der Waals surface area contributed by atoms with Crippen LogP contribution < -0.4 is 5.73 Å². The molecule has 1 aliphatic heterocycles. The Bertz CT molecular complexity index is 710. The second-order valence-electron chi connectivity index (χ2n) is 7.44. The zero-order valence-electron chi connectivity index (χ0n) is 17.5. The normalized spacial score (nSPS) is 14.1. The summed E-state index contributed by atoms with van der Waals surface area (Å²) >= 11 is 0. The lowest BCUT2D eigenvalue weighted by molar-refractivity contribution is -0.134. The van der Waals surface area contributed by atoms with Gasteiger partial charge in [0.05, 0.1) is 6.54 Å². The Morgan fingerprint density at radius 2 is 1.40 bits per heavy atom. The molecule has 0 aliphatic carbocycles. The predicted octanol–water partition coefficient (Wildman–Crippen LogP) is 2.68. The number of rotatable bonds is 9. The number of nitrogens with two attached hydrogens (primary N) is 1. The highest BCUT2D eigenvalue weighted by atomic mass is 35.5. The zero-order valence-corrected chi connectivity index (χ0v) is 19.1. The van der Waals surface area contributed by atoms with E-state index in [1.54, 1.807) is 0 Å². The minimum Gasteiger partial charge on any atom is -0.339 e. The van der Waals surface area contributed by atoms with Gasteiger partial charge in [0, 0.05) is 52.4 Å². The molecule has 0 radical (unpaired) electrons. The van der Waals surface area contributed by atoms with Gasteiger partial charge in [-0.25, -0.2) is 0 Å². The average Bonchev–Trinajstić information content (AvgIpc) is 2.74. The molecular weight excluding hydrogens is 419 g/mol. The van der Waals surface area contributed by atoms with Crippen molar-refractivity contribution in [1.29, 1.82) is 0 Å². The summed E-state index contributed by atoms with van der Waals surface area (Å²) < 4.78 is 0. The number of amides is 1. The molecule has 30 heavy (non-hydrogen) atoms. The predicted molar refractivity (Wildman–Crippen MR) is 128 cm³/mol. The number of carbonyl (C=O) groups is 1. The van der Waals surface area contributed by atoms with Crippen LogP contribution in [0.3, 0.4) is 0 Å². The maximum absolute atomic E-state index is 12.8. The Kier molecular flexibility index (Phi) is 12.7. The number of hydrogen-bond acceptors (Lipinski definition) is 4. The fraction of sp³-hybridized carbons (Fsp3) is 0.435. The van der Waals surface area contributed by atoms with Crippen LogP contribution in [-0.2, 0) is 17.8 Å². The lowest BCUT2D eigenvalue weighted by atomic mass is 10.1. The molecule has 0 spiro atoms. The van der Waals surface area contributed by atoms with Crippen LogP contribution in [-0.4, -0.2) is 73.0 Å². The first-order valence-electron chi connectivity index (χ1n) is 10.2. The minimum atomic E-state index is 0. The third-order valence-electron chi connectivity index (χ3n) is 5.34. The van der Waals surface area contributed by atoms with E-state index in [1.165, 1.54) is 11.1 Å². The largest absolute Gasteiger partial charge is 0.339 e. The molecule has 2 aromatic carbocycles. The van der Waals surface area contributed by atoms with E-state index >= 15 is 0 Å². The van der Waals surface area contributed by atoms with Crippen molar-refractivity contribution in [2.45, 2.75) is 13.0 Å². The highest BCUT2D eigenvalue weighted by Crippen LogP contribution is 2.09. The standard InChI is InChI=1S/C23H32N4O.2ClH/c24-12-14-25(13-11-21-7-3-1-4-8-21)20-23(28)27-17-15-26(16-18-27)19-22-9-5-2-6-10-22;;/h1-10H,11-20,24H2;2*1H. The van der Waals surface area contributed by atoms with Crippen molar-refractivity contribution in [2.24, 2.45) is 5.73 Å². The maximum Gasteiger partial charge on any atom is 0.236 e. The van der Waals surface area contributed by atoms with Crippen molar-refractivity contribution in [3.05, 3.63) is 71.8 Å². The third kappa shape index (κ3) is 8.62. The zero-order chi connectivity index (χ0) is 19.6. The molecule has 0 saturated carbocycles. The molecule has 2 aromatic rings. The van der Waals surface area contributed by atoms with Crippen LogP contribution in [0.25, 0.3) is 0 Å². The maximum atomic E-state index is 12.8. The van der Waals surface area contributed by atoms with E-state index in [-0.39, 0.29) is 30.7 Å². The van der Waals surface area contributed by atoms with Gasteiger partial charge in [-0.2, -0.15) is 0 Å². The van der Waals surface area contributed by atoms with Gasteiger partial charge in [0.25, 0.3) is 0 Å². The van der Waals surface area contributed by atoms with Gasteiger partial charge in [-0.05, 0) is 17.5 Å². The molecule has 1 heterocycles. The van der Waals surface area contributed by atoms with Gasteiger partial charge in [0.15, 0.2) is 0 Å². The quantitative estimate of drug-likeness (QED) is 0.635. The first kappa shape index (κ1) is 26.4. The Hall–Kier alpha value is -1.63. The molecule has 0 unspecified atom stereocenters.